The minimum absolute atomic E-state index is 0.0445. The number of methoxy groups -OCH3 is 1. The lowest BCUT2D eigenvalue weighted by Gasteiger charge is -2.29. The van der Waals surface area contributed by atoms with Gasteiger partial charge in [-0.15, -0.1) is 0 Å². The molecular weight excluding hydrogens is 290 g/mol. The van der Waals surface area contributed by atoms with E-state index in [2.05, 4.69) is 0 Å². The van der Waals surface area contributed by atoms with Gasteiger partial charge in [0.1, 0.15) is 0 Å². The van der Waals surface area contributed by atoms with Crippen LogP contribution in [-0.2, 0) is 21.4 Å². The van der Waals surface area contributed by atoms with Gasteiger partial charge in [0.25, 0.3) is 0 Å². The molecule has 6 heteroatoms. The Labute approximate surface area is 126 Å². The van der Waals surface area contributed by atoms with Gasteiger partial charge < -0.3 is 9.84 Å². The molecule has 1 N–H and O–H groups in total. The molecule has 0 saturated heterocycles. The highest BCUT2D eigenvalue weighted by Gasteiger charge is 2.38. The zero-order chi connectivity index (χ0) is 15.5. The molecule has 0 heterocycles. The lowest BCUT2D eigenvalue weighted by molar-refractivity contribution is 0.164. The fraction of sp³-hybridized carbons (Fsp3) is 0.600. The standard InChI is InChI=1S/C15H23NO4S/c1-12(13-7-8-13)16(9-10-20-2)21(18,19)15-6-4-3-5-14(15)11-17/h3-6,12-13,17H,7-11H2,1-2H3. The van der Waals surface area contributed by atoms with E-state index in [1.54, 1.807) is 31.4 Å². The number of ether oxygens (including phenoxy) is 1. The Hall–Kier alpha value is -0.950. The van der Waals surface area contributed by atoms with E-state index in [4.69, 9.17) is 4.74 Å². The molecule has 1 saturated carbocycles. The Morgan fingerprint density at radius 3 is 2.62 bits per heavy atom. The highest BCUT2D eigenvalue weighted by molar-refractivity contribution is 7.89. The number of aliphatic hydroxyl groups is 1. The van der Waals surface area contributed by atoms with E-state index < -0.39 is 10.0 Å². The number of aliphatic hydroxyl groups excluding tert-OH is 1. The molecule has 21 heavy (non-hydrogen) atoms. The maximum atomic E-state index is 13.0. The summed E-state index contributed by atoms with van der Waals surface area (Å²) >= 11 is 0. The third-order valence-electron chi connectivity index (χ3n) is 4.00. The molecule has 0 aromatic heterocycles. The predicted molar refractivity (Wildman–Crippen MR) is 80.3 cm³/mol. The van der Waals surface area contributed by atoms with Gasteiger partial charge >= 0.3 is 0 Å². The second-order valence-corrected chi connectivity index (χ2v) is 7.31. The number of hydrogen-bond acceptors (Lipinski definition) is 4. The van der Waals surface area contributed by atoms with Crippen molar-refractivity contribution in [2.45, 2.75) is 37.3 Å². The number of nitrogens with zero attached hydrogens (tertiary/aromatic N) is 1. The van der Waals surface area contributed by atoms with Crippen molar-refractivity contribution in [3.8, 4) is 0 Å². The van der Waals surface area contributed by atoms with Crippen molar-refractivity contribution in [3.63, 3.8) is 0 Å². The van der Waals surface area contributed by atoms with E-state index in [0.29, 0.717) is 24.6 Å². The van der Waals surface area contributed by atoms with Crippen molar-refractivity contribution in [1.82, 2.24) is 4.31 Å². The Morgan fingerprint density at radius 1 is 1.38 bits per heavy atom. The Balaban J connectivity index is 2.35. The average molecular weight is 313 g/mol. The van der Waals surface area contributed by atoms with Crippen LogP contribution in [0.5, 0.6) is 0 Å². The number of benzene rings is 1. The maximum Gasteiger partial charge on any atom is 0.243 e. The number of rotatable bonds is 8. The summed E-state index contributed by atoms with van der Waals surface area (Å²) in [6.07, 6.45) is 2.14. The molecule has 1 aliphatic rings. The van der Waals surface area contributed by atoms with Crippen molar-refractivity contribution in [2.24, 2.45) is 5.92 Å². The molecule has 0 amide bonds. The highest BCUT2D eigenvalue weighted by atomic mass is 32.2. The van der Waals surface area contributed by atoms with Gasteiger partial charge in [-0.1, -0.05) is 18.2 Å². The van der Waals surface area contributed by atoms with Crippen LogP contribution in [0.2, 0.25) is 0 Å². The summed E-state index contributed by atoms with van der Waals surface area (Å²) in [5.74, 6) is 0.429. The zero-order valence-electron chi connectivity index (χ0n) is 12.5. The van der Waals surface area contributed by atoms with E-state index >= 15 is 0 Å². The first-order chi connectivity index (χ1) is 10.0. The first-order valence-electron chi connectivity index (χ1n) is 7.22. The van der Waals surface area contributed by atoms with E-state index in [1.165, 1.54) is 4.31 Å². The third kappa shape index (κ3) is 3.63. The third-order valence-corrected chi connectivity index (χ3v) is 6.09. The summed E-state index contributed by atoms with van der Waals surface area (Å²) < 4.78 is 32.5. The van der Waals surface area contributed by atoms with Gasteiger partial charge in [-0.2, -0.15) is 4.31 Å². The van der Waals surface area contributed by atoms with Gasteiger partial charge in [0, 0.05) is 19.7 Å². The van der Waals surface area contributed by atoms with Gasteiger partial charge in [0.15, 0.2) is 0 Å². The molecule has 1 fully saturated rings. The van der Waals surface area contributed by atoms with Gasteiger partial charge in [-0.25, -0.2) is 8.42 Å². The summed E-state index contributed by atoms with van der Waals surface area (Å²) in [5.41, 5.74) is 0.433. The number of sulfonamides is 1. The summed E-state index contributed by atoms with van der Waals surface area (Å²) in [4.78, 5) is 0.191. The highest BCUT2D eigenvalue weighted by Crippen LogP contribution is 2.37. The second kappa shape index (κ2) is 6.87. The van der Waals surface area contributed by atoms with Crippen molar-refractivity contribution >= 4 is 10.0 Å². The fourth-order valence-corrected chi connectivity index (χ4v) is 4.44. The first-order valence-corrected chi connectivity index (χ1v) is 8.66. The van der Waals surface area contributed by atoms with Gasteiger partial charge in [0.05, 0.1) is 18.1 Å². The zero-order valence-corrected chi connectivity index (χ0v) is 13.3. The van der Waals surface area contributed by atoms with Crippen LogP contribution in [0, 0.1) is 5.92 Å². The number of hydrogen-bond donors (Lipinski definition) is 1. The molecule has 5 nitrogen and oxygen atoms in total. The summed E-state index contributed by atoms with van der Waals surface area (Å²) in [6, 6.07) is 6.57. The minimum Gasteiger partial charge on any atom is -0.392 e. The predicted octanol–water partition coefficient (Wildman–Crippen LogP) is 1.61. The molecule has 1 aliphatic carbocycles. The fourth-order valence-electron chi connectivity index (χ4n) is 2.55. The van der Waals surface area contributed by atoms with Crippen molar-refractivity contribution < 1.29 is 18.3 Å². The molecule has 1 aromatic rings. The smallest absolute Gasteiger partial charge is 0.243 e. The molecule has 0 aliphatic heterocycles. The molecule has 0 bridgehead atoms. The maximum absolute atomic E-state index is 13.0. The van der Waals surface area contributed by atoms with Crippen molar-refractivity contribution in [1.29, 1.82) is 0 Å². The molecule has 0 radical (unpaired) electrons. The second-order valence-electron chi connectivity index (χ2n) is 5.45. The van der Waals surface area contributed by atoms with E-state index in [-0.39, 0.29) is 17.5 Å². The average Bonchev–Trinajstić information content (AvgIpc) is 3.31. The summed E-state index contributed by atoms with van der Waals surface area (Å²) in [6.45, 7) is 2.35. The monoisotopic (exact) mass is 313 g/mol. The lowest BCUT2D eigenvalue weighted by Crippen LogP contribution is -2.42. The van der Waals surface area contributed by atoms with Crippen LogP contribution in [0.1, 0.15) is 25.3 Å². The van der Waals surface area contributed by atoms with Crippen LogP contribution in [-0.4, -0.2) is 44.1 Å². The normalized spacial score (nSPS) is 17.1. The van der Waals surface area contributed by atoms with Crippen LogP contribution in [0.25, 0.3) is 0 Å². The van der Waals surface area contributed by atoms with E-state index in [9.17, 15) is 13.5 Å². The summed E-state index contributed by atoms with van der Waals surface area (Å²) in [5, 5.41) is 9.39. The molecule has 1 atom stereocenters. The molecule has 0 spiro atoms. The van der Waals surface area contributed by atoms with Crippen molar-refractivity contribution in [3.05, 3.63) is 29.8 Å². The molecule has 118 valence electrons. The molecule has 2 rings (SSSR count). The van der Waals surface area contributed by atoms with E-state index in [1.807, 2.05) is 6.92 Å². The molecular formula is C15H23NO4S. The van der Waals surface area contributed by atoms with Gasteiger partial charge in [-0.3, -0.25) is 0 Å². The van der Waals surface area contributed by atoms with Crippen LogP contribution in [0.4, 0.5) is 0 Å². The first kappa shape index (κ1) is 16.4. The minimum atomic E-state index is -3.63. The van der Waals surface area contributed by atoms with Crippen LogP contribution < -0.4 is 0 Å². The lowest BCUT2D eigenvalue weighted by atomic mass is 10.2. The summed E-state index contributed by atoms with van der Waals surface area (Å²) in [7, 11) is -2.06. The molecule has 1 aromatic carbocycles. The van der Waals surface area contributed by atoms with E-state index in [0.717, 1.165) is 12.8 Å². The van der Waals surface area contributed by atoms with Crippen molar-refractivity contribution in [2.75, 3.05) is 20.3 Å². The SMILES string of the molecule is COCCN(C(C)C1CC1)S(=O)(=O)c1ccccc1CO. The van der Waals surface area contributed by atoms with Gasteiger partial charge in [-0.05, 0) is 37.3 Å². The Bertz CT molecular complexity index is 569. The Morgan fingerprint density at radius 2 is 2.05 bits per heavy atom. The van der Waals surface area contributed by atoms with Crippen LogP contribution in [0.15, 0.2) is 29.2 Å². The van der Waals surface area contributed by atoms with Crippen LogP contribution >= 0.6 is 0 Å². The van der Waals surface area contributed by atoms with Crippen LogP contribution in [0.3, 0.4) is 0 Å². The molecule has 1 unspecified atom stereocenters. The topological polar surface area (TPSA) is 66.8 Å². The van der Waals surface area contributed by atoms with Gasteiger partial charge in [0.2, 0.25) is 10.0 Å². The largest absolute Gasteiger partial charge is 0.392 e. The Kier molecular flexibility index (Phi) is 5.37. The quantitative estimate of drug-likeness (QED) is 0.792.